The van der Waals surface area contributed by atoms with Gasteiger partial charge in [-0.1, -0.05) is 18.6 Å². The van der Waals surface area contributed by atoms with Gasteiger partial charge in [-0.25, -0.2) is 0 Å². The van der Waals surface area contributed by atoms with E-state index in [1.165, 1.54) is 5.57 Å². The van der Waals surface area contributed by atoms with E-state index in [-0.39, 0.29) is 17.6 Å². The number of aliphatic hydroxyl groups is 1. The summed E-state index contributed by atoms with van der Waals surface area (Å²) in [5.74, 6) is 0.599. The average Bonchev–Trinajstić information content (AvgIpc) is 2.30. The van der Waals surface area contributed by atoms with E-state index in [1.54, 1.807) is 0 Å². The summed E-state index contributed by atoms with van der Waals surface area (Å²) < 4.78 is 6.12. The Bertz CT molecular complexity index is 294. The summed E-state index contributed by atoms with van der Waals surface area (Å²) in [4.78, 5) is 0. The van der Waals surface area contributed by atoms with Crippen molar-refractivity contribution in [1.29, 1.82) is 0 Å². The number of allylic oxidation sites excluding steroid dienone is 2. The van der Waals surface area contributed by atoms with Crippen LogP contribution >= 0.6 is 0 Å². The van der Waals surface area contributed by atoms with Gasteiger partial charge in [-0.2, -0.15) is 0 Å². The first-order valence-corrected chi connectivity index (χ1v) is 6.90. The van der Waals surface area contributed by atoms with Crippen molar-refractivity contribution in [3.05, 3.63) is 11.6 Å². The highest BCUT2D eigenvalue weighted by atomic mass is 16.5. The molecule has 3 fully saturated rings. The highest BCUT2D eigenvalue weighted by molar-refractivity contribution is 5.04. The summed E-state index contributed by atoms with van der Waals surface area (Å²) in [5.41, 5.74) is 1.58. The molecule has 0 spiro atoms. The summed E-state index contributed by atoms with van der Waals surface area (Å²) in [6, 6.07) is 0. The van der Waals surface area contributed by atoms with Crippen LogP contribution in [-0.4, -0.2) is 23.9 Å². The molecule has 2 heteroatoms. The van der Waals surface area contributed by atoms with E-state index < -0.39 is 0 Å². The molecule has 17 heavy (non-hydrogen) atoms. The lowest BCUT2D eigenvalue weighted by atomic mass is 9.59. The van der Waals surface area contributed by atoms with E-state index in [0.717, 1.165) is 38.7 Å². The number of fused-ring (bicyclic) bond motifs is 3. The molecule has 2 saturated heterocycles. The summed E-state index contributed by atoms with van der Waals surface area (Å²) in [6.07, 6.45) is 7.98. The standard InChI is InChI=1S/C15H26O2/c1-12(2)5-4-6-15-8-7-14(10-16,11-17-15)13(3)9-15/h5,13,16H,4,6-11H2,1-3H3. The number of ether oxygens (including phenoxy) is 1. The number of hydrogen-bond donors (Lipinski definition) is 1. The Morgan fingerprint density at radius 3 is 2.65 bits per heavy atom. The van der Waals surface area contributed by atoms with Gasteiger partial charge in [-0.3, -0.25) is 0 Å². The van der Waals surface area contributed by atoms with Gasteiger partial charge in [0.1, 0.15) is 0 Å². The molecule has 2 bridgehead atoms. The Morgan fingerprint density at radius 2 is 2.18 bits per heavy atom. The van der Waals surface area contributed by atoms with Gasteiger partial charge in [-0.05, 0) is 51.9 Å². The van der Waals surface area contributed by atoms with Crippen molar-refractivity contribution in [2.24, 2.45) is 11.3 Å². The summed E-state index contributed by atoms with van der Waals surface area (Å²) >= 11 is 0. The molecular weight excluding hydrogens is 212 g/mol. The molecule has 2 aliphatic heterocycles. The minimum atomic E-state index is 0.0677. The maximum Gasteiger partial charge on any atom is 0.0688 e. The maximum absolute atomic E-state index is 9.58. The van der Waals surface area contributed by atoms with Crippen molar-refractivity contribution in [2.75, 3.05) is 13.2 Å². The van der Waals surface area contributed by atoms with Crippen molar-refractivity contribution in [1.82, 2.24) is 0 Å². The van der Waals surface area contributed by atoms with Crippen molar-refractivity contribution >= 4 is 0 Å². The summed E-state index contributed by atoms with van der Waals surface area (Å²) in [5, 5.41) is 9.58. The molecular formula is C15H26O2. The lowest BCUT2D eigenvalue weighted by Gasteiger charge is -2.56. The molecule has 3 atom stereocenters. The van der Waals surface area contributed by atoms with Crippen LogP contribution in [0.4, 0.5) is 0 Å². The fraction of sp³-hybridized carbons (Fsp3) is 0.867. The molecule has 1 N–H and O–H groups in total. The molecule has 0 radical (unpaired) electrons. The second kappa shape index (κ2) is 4.74. The van der Waals surface area contributed by atoms with Gasteiger partial charge in [0.15, 0.2) is 0 Å². The van der Waals surface area contributed by atoms with E-state index in [9.17, 15) is 5.11 Å². The fourth-order valence-electron chi connectivity index (χ4n) is 3.45. The van der Waals surface area contributed by atoms with Crippen LogP contribution in [-0.2, 0) is 4.74 Å². The number of rotatable bonds is 4. The zero-order chi connectivity index (χ0) is 12.5. The van der Waals surface area contributed by atoms with E-state index in [0.29, 0.717) is 5.92 Å². The second-order valence-corrected chi connectivity index (χ2v) is 6.42. The third-order valence-electron chi connectivity index (χ3n) is 4.94. The molecule has 1 saturated carbocycles. The Kier molecular flexibility index (Phi) is 3.65. The molecule has 1 aliphatic carbocycles. The van der Waals surface area contributed by atoms with Gasteiger partial charge in [0, 0.05) is 5.41 Å². The first kappa shape index (κ1) is 13.1. The van der Waals surface area contributed by atoms with Crippen LogP contribution in [0.25, 0.3) is 0 Å². The van der Waals surface area contributed by atoms with E-state index in [4.69, 9.17) is 4.74 Å². The molecule has 2 nitrogen and oxygen atoms in total. The molecule has 2 heterocycles. The lowest BCUT2D eigenvalue weighted by Crippen LogP contribution is -2.56. The molecule has 98 valence electrons. The SMILES string of the molecule is CC(C)=CCCC12CCC(CO)(CO1)C(C)C2. The van der Waals surface area contributed by atoms with E-state index >= 15 is 0 Å². The second-order valence-electron chi connectivity index (χ2n) is 6.42. The Balaban J connectivity index is 1.98. The van der Waals surface area contributed by atoms with Crippen molar-refractivity contribution in [3.8, 4) is 0 Å². The third kappa shape index (κ3) is 2.43. The van der Waals surface area contributed by atoms with E-state index in [1.807, 2.05) is 0 Å². The molecule has 0 aromatic heterocycles. The smallest absolute Gasteiger partial charge is 0.0688 e. The van der Waals surface area contributed by atoms with Crippen LogP contribution in [0.5, 0.6) is 0 Å². The van der Waals surface area contributed by atoms with Gasteiger partial charge in [0.25, 0.3) is 0 Å². The quantitative estimate of drug-likeness (QED) is 0.761. The zero-order valence-electron chi connectivity index (χ0n) is 11.5. The van der Waals surface area contributed by atoms with Crippen LogP contribution in [0.2, 0.25) is 0 Å². The zero-order valence-corrected chi connectivity index (χ0v) is 11.5. The lowest BCUT2D eigenvalue weighted by molar-refractivity contribution is -0.220. The topological polar surface area (TPSA) is 29.5 Å². The predicted octanol–water partition coefficient (Wildman–Crippen LogP) is 3.30. The minimum Gasteiger partial charge on any atom is -0.396 e. The Hall–Kier alpha value is -0.340. The Morgan fingerprint density at radius 1 is 1.41 bits per heavy atom. The number of aliphatic hydroxyl groups excluding tert-OH is 1. The van der Waals surface area contributed by atoms with Crippen LogP contribution in [0.15, 0.2) is 11.6 Å². The van der Waals surface area contributed by atoms with Crippen molar-refractivity contribution in [3.63, 3.8) is 0 Å². The maximum atomic E-state index is 9.58. The van der Waals surface area contributed by atoms with Gasteiger partial charge < -0.3 is 9.84 Å². The van der Waals surface area contributed by atoms with Crippen LogP contribution in [0.1, 0.15) is 52.9 Å². The first-order chi connectivity index (χ1) is 8.02. The van der Waals surface area contributed by atoms with Gasteiger partial charge in [-0.15, -0.1) is 0 Å². The third-order valence-corrected chi connectivity index (χ3v) is 4.94. The average molecular weight is 238 g/mol. The first-order valence-electron chi connectivity index (χ1n) is 6.90. The van der Waals surface area contributed by atoms with Crippen LogP contribution < -0.4 is 0 Å². The summed E-state index contributed by atoms with van der Waals surface area (Å²) in [7, 11) is 0. The van der Waals surface area contributed by atoms with Crippen LogP contribution in [0.3, 0.4) is 0 Å². The molecule has 3 aliphatic rings. The van der Waals surface area contributed by atoms with Crippen LogP contribution in [0, 0.1) is 11.3 Å². The normalized spacial score (nSPS) is 40.4. The molecule has 0 aromatic rings. The van der Waals surface area contributed by atoms with Gasteiger partial charge in [0.05, 0.1) is 18.8 Å². The predicted molar refractivity (Wildman–Crippen MR) is 69.9 cm³/mol. The fourth-order valence-corrected chi connectivity index (χ4v) is 3.45. The highest BCUT2D eigenvalue weighted by Crippen LogP contribution is 2.53. The monoisotopic (exact) mass is 238 g/mol. The molecule has 3 unspecified atom stereocenters. The molecule has 3 rings (SSSR count). The largest absolute Gasteiger partial charge is 0.396 e. The highest BCUT2D eigenvalue weighted by Gasteiger charge is 2.53. The molecule has 0 aromatic carbocycles. The van der Waals surface area contributed by atoms with Crippen molar-refractivity contribution < 1.29 is 9.84 Å². The summed E-state index contributed by atoms with van der Waals surface area (Å²) in [6.45, 7) is 7.64. The van der Waals surface area contributed by atoms with Gasteiger partial charge in [0.2, 0.25) is 0 Å². The van der Waals surface area contributed by atoms with E-state index in [2.05, 4.69) is 26.8 Å². The minimum absolute atomic E-state index is 0.0677. The Labute approximate surface area is 105 Å². The van der Waals surface area contributed by atoms with Gasteiger partial charge >= 0.3 is 0 Å². The number of hydrogen-bond acceptors (Lipinski definition) is 2. The van der Waals surface area contributed by atoms with Crippen molar-refractivity contribution in [2.45, 2.75) is 58.5 Å². The molecule has 0 amide bonds.